The number of amides is 2. The Labute approximate surface area is 267 Å². The number of urea groups is 1. The zero-order valence-electron chi connectivity index (χ0n) is 25.1. The number of nitrogens with zero attached hydrogens (tertiary/aromatic N) is 2. The van der Waals surface area contributed by atoms with Crippen molar-refractivity contribution in [3.63, 3.8) is 0 Å². The van der Waals surface area contributed by atoms with Crippen LogP contribution >= 0.6 is 23.2 Å². The van der Waals surface area contributed by atoms with Crippen molar-refractivity contribution in [2.75, 3.05) is 41.5 Å². The smallest absolute Gasteiger partial charge is 0.321 e. The minimum atomic E-state index is -0.446. The second-order valence-electron chi connectivity index (χ2n) is 10.8. The molecule has 2 aliphatic heterocycles. The predicted octanol–water partition coefficient (Wildman–Crippen LogP) is 7.74. The van der Waals surface area contributed by atoms with Gasteiger partial charge in [0.15, 0.2) is 23.0 Å². The van der Waals surface area contributed by atoms with Crippen LogP contribution in [-0.4, -0.2) is 57.4 Å². The summed E-state index contributed by atoms with van der Waals surface area (Å²) < 4.78 is 22.6. The molecule has 0 bridgehead atoms. The third-order valence-electron chi connectivity index (χ3n) is 8.64. The van der Waals surface area contributed by atoms with Crippen LogP contribution in [0.3, 0.4) is 0 Å². The zero-order chi connectivity index (χ0) is 31.0. The van der Waals surface area contributed by atoms with E-state index in [2.05, 4.69) is 0 Å². The lowest BCUT2D eigenvalue weighted by Crippen LogP contribution is -2.51. The zero-order valence-corrected chi connectivity index (χ0v) is 26.6. The summed E-state index contributed by atoms with van der Waals surface area (Å²) in [7, 11) is 6.48. The molecule has 6 rings (SSSR count). The highest BCUT2D eigenvalue weighted by Crippen LogP contribution is 2.46. The minimum absolute atomic E-state index is 0.110. The van der Waals surface area contributed by atoms with Crippen molar-refractivity contribution in [3.05, 3.63) is 116 Å². The van der Waals surface area contributed by atoms with E-state index in [-0.39, 0.29) is 6.03 Å². The Morgan fingerprint density at radius 3 is 1.32 bits per heavy atom. The summed E-state index contributed by atoms with van der Waals surface area (Å²) in [6, 6.07) is 22.3. The van der Waals surface area contributed by atoms with E-state index in [9.17, 15) is 4.79 Å². The van der Waals surface area contributed by atoms with Gasteiger partial charge in [0.25, 0.3) is 0 Å². The van der Waals surface area contributed by atoms with Crippen LogP contribution in [0.4, 0.5) is 4.79 Å². The molecule has 0 saturated heterocycles. The molecule has 228 valence electrons. The molecule has 44 heavy (non-hydrogen) atoms. The Bertz CT molecular complexity index is 1590. The van der Waals surface area contributed by atoms with E-state index in [0.717, 1.165) is 33.4 Å². The quantitative estimate of drug-likeness (QED) is 0.218. The molecule has 2 amide bonds. The Morgan fingerprint density at radius 1 is 0.591 bits per heavy atom. The summed E-state index contributed by atoms with van der Waals surface area (Å²) in [5.74, 6) is 2.50. The summed E-state index contributed by atoms with van der Waals surface area (Å²) in [6.45, 7) is 0.976. The normalized spacial score (nSPS) is 17.4. The second kappa shape index (κ2) is 12.5. The van der Waals surface area contributed by atoms with Crippen molar-refractivity contribution in [2.45, 2.75) is 24.9 Å². The number of ether oxygens (including phenoxy) is 4. The number of carbonyl (C=O) groups is 1. The standard InChI is InChI=1S/C35H34Cl2N2O5/c1-41-29-17-21-13-15-38(33(25(21)19-31(29)43-3)23-9-5-7-11-27(23)36)35(40)39-16-14-22-18-30(42-2)32(44-4)20-26(22)34(39)24-10-6-8-12-28(24)37/h5-12,17-20,33-34H,13-16H2,1-4H3/t33-,34-/m0/s1. The summed E-state index contributed by atoms with van der Waals surface area (Å²) in [5, 5.41) is 1.17. The predicted molar refractivity (Wildman–Crippen MR) is 172 cm³/mol. The fourth-order valence-corrected chi connectivity index (χ4v) is 7.01. The molecule has 9 heteroatoms. The van der Waals surface area contributed by atoms with Crippen molar-refractivity contribution in [2.24, 2.45) is 0 Å². The second-order valence-corrected chi connectivity index (χ2v) is 11.6. The monoisotopic (exact) mass is 632 g/mol. The van der Waals surface area contributed by atoms with Gasteiger partial charge in [-0.2, -0.15) is 0 Å². The number of carbonyl (C=O) groups excluding carboxylic acids is 1. The molecule has 0 fully saturated rings. The largest absolute Gasteiger partial charge is 0.493 e. The first-order valence-corrected chi connectivity index (χ1v) is 15.2. The van der Waals surface area contributed by atoms with Gasteiger partial charge in [-0.25, -0.2) is 4.79 Å². The number of methoxy groups -OCH3 is 4. The van der Waals surface area contributed by atoms with Crippen LogP contribution in [0.15, 0.2) is 72.8 Å². The molecule has 2 aliphatic rings. The molecular formula is C35H34Cl2N2O5. The molecule has 4 aromatic rings. The SMILES string of the molecule is COc1cc2c(cc1OC)[C@H](c1ccccc1Cl)N(C(=O)N1CCc3cc(OC)c(OC)cc3[C@@H]1c1ccccc1Cl)CC2. The first-order chi connectivity index (χ1) is 21.4. The van der Waals surface area contributed by atoms with Gasteiger partial charge in [-0.15, -0.1) is 0 Å². The van der Waals surface area contributed by atoms with Crippen molar-refractivity contribution >= 4 is 29.2 Å². The van der Waals surface area contributed by atoms with Gasteiger partial charge in [0.05, 0.1) is 40.5 Å². The fourth-order valence-electron chi connectivity index (χ4n) is 6.53. The first kappa shape index (κ1) is 30.0. The summed E-state index contributed by atoms with van der Waals surface area (Å²) in [5.41, 5.74) is 5.75. The molecule has 0 N–H and O–H groups in total. The number of rotatable bonds is 6. The lowest BCUT2D eigenvalue weighted by atomic mass is 9.86. The molecule has 2 atom stereocenters. The third-order valence-corrected chi connectivity index (χ3v) is 9.33. The van der Waals surface area contributed by atoms with Gasteiger partial charge in [-0.3, -0.25) is 0 Å². The molecule has 0 radical (unpaired) electrons. The molecule has 2 heterocycles. The summed E-state index contributed by atoms with van der Waals surface area (Å²) in [4.78, 5) is 18.8. The van der Waals surface area contributed by atoms with Crippen LogP contribution in [0.2, 0.25) is 10.0 Å². The van der Waals surface area contributed by atoms with Crippen LogP contribution in [0.5, 0.6) is 23.0 Å². The highest BCUT2D eigenvalue weighted by molar-refractivity contribution is 6.31. The Kier molecular flexibility index (Phi) is 8.52. The minimum Gasteiger partial charge on any atom is -0.493 e. The van der Waals surface area contributed by atoms with Gasteiger partial charge in [0.2, 0.25) is 0 Å². The van der Waals surface area contributed by atoms with Crippen molar-refractivity contribution in [1.82, 2.24) is 9.80 Å². The molecule has 0 saturated carbocycles. The summed E-state index contributed by atoms with van der Waals surface area (Å²) in [6.07, 6.45) is 1.29. The Morgan fingerprint density at radius 2 is 0.955 bits per heavy atom. The number of benzene rings is 4. The van der Waals surface area contributed by atoms with Crippen molar-refractivity contribution < 1.29 is 23.7 Å². The van der Waals surface area contributed by atoms with E-state index in [1.807, 2.05) is 82.6 Å². The van der Waals surface area contributed by atoms with Crippen molar-refractivity contribution in [1.29, 1.82) is 0 Å². The van der Waals surface area contributed by atoms with E-state index < -0.39 is 12.1 Å². The van der Waals surface area contributed by atoms with Crippen LogP contribution in [0, 0.1) is 0 Å². The molecule has 0 unspecified atom stereocenters. The molecule has 7 nitrogen and oxygen atoms in total. The fraction of sp³-hybridized carbons (Fsp3) is 0.286. The van der Waals surface area contributed by atoms with Crippen molar-refractivity contribution in [3.8, 4) is 23.0 Å². The van der Waals surface area contributed by atoms with Gasteiger partial charge in [0, 0.05) is 23.1 Å². The van der Waals surface area contributed by atoms with Crippen LogP contribution in [0.25, 0.3) is 0 Å². The number of fused-ring (bicyclic) bond motifs is 2. The Hall–Kier alpha value is -4.07. The van der Waals surface area contributed by atoms with Gasteiger partial charge >= 0.3 is 6.03 Å². The van der Waals surface area contributed by atoms with E-state index in [4.69, 9.17) is 42.1 Å². The van der Waals surface area contributed by atoms with Crippen LogP contribution in [-0.2, 0) is 12.8 Å². The molecule has 4 aromatic carbocycles. The maximum Gasteiger partial charge on any atom is 0.321 e. The van der Waals surface area contributed by atoms with Crippen LogP contribution in [0.1, 0.15) is 45.5 Å². The molecule has 0 aliphatic carbocycles. The van der Waals surface area contributed by atoms with E-state index >= 15 is 0 Å². The number of hydrogen-bond donors (Lipinski definition) is 0. The molecule has 0 aromatic heterocycles. The average molecular weight is 634 g/mol. The van der Waals surface area contributed by atoms with Gasteiger partial charge in [-0.05, 0) is 82.6 Å². The highest BCUT2D eigenvalue weighted by Gasteiger charge is 2.41. The molecule has 0 spiro atoms. The first-order valence-electron chi connectivity index (χ1n) is 14.5. The lowest BCUT2D eigenvalue weighted by Gasteiger charge is -2.45. The number of halogens is 2. The van der Waals surface area contributed by atoms with Gasteiger partial charge in [-0.1, -0.05) is 59.6 Å². The van der Waals surface area contributed by atoms with E-state index in [1.165, 1.54) is 0 Å². The summed E-state index contributed by atoms with van der Waals surface area (Å²) >= 11 is 13.7. The maximum atomic E-state index is 15.0. The number of hydrogen-bond acceptors (Lipinski definition) is 5. The maximum absolute atomic E-state index is 15.0. The Balaban J connectivity index is 1.50. The van der Waals surface area contributed by atoms with Gasteiger partial charge < -0.3 is 28.7 Å². The van der Waals surface area contributed by atoms with Gasteiger partial charge in [0.1, 0.15) is 0 Å². The highest BCUT2D eigenvalue weighted by atomic mass is 35.5. The topological polar surface area (TPSA) is 60.5 Å². The molecular weight excluding hydrogens is 599 g/mol. The third kappa shape index (κ3) is 5.18. The van der Waals surface area contributed by atoms with E-state index in [1.54, 1.807) is 28.4 Å². The van der Waals surface area contributed by atoms with E-state index in [0.29, 0.717) is 59.0 Å². The van der Waals surface area contributed by atoms with Crippen LogP contribution < -0.4 is 18.9 Å². The average Bonchev–Trinajstić information content (AvgIpc) is 3.06. The lowest BCUT2D eigenvalue weighted by molar-refractivity contribution is 0.123.